The highest BCUT2D eigenvalue weighted by atomic mass is 16.8. The molecule has 0 aliphatic rings. The van der Waals surface area contributed by atoms with E-state index in [-0.39, 0.29) is 17.7 Å². The molecule has 0 bridgehead atoms. The van der Waals surface area contributed by atoms with Crippen LogP contribution in [0.5, 0.6) is 0 Å². The van der Waals surface area contributed by atoms with Crippen molar-refractivity contribution in [2.24, 2.45) is 0 Å². The molecule has 36 heavy (non-hydrogen) atoms. The highest BCUT2D eigenvalue weighted by Crippen LogP contribution is 2.37. The van der Waals surface area contributed by atoms with Gasteiger partial charge in [-0.2, -0.15) is 0 Å². The molecule has 0 radical (unpaired) electrons. The van der Waals surface area contributed by atoms with Crippen LogP contribution in [0.2, 0.25) is 0 Å². The molecule has 0 saturated heterocycles. The van der Waals surface area contributed by atoms with Crippen LogP contribution in [0.3, 0.4) is 0 Å². The van der Waals surface area contributed by atoms with E-state index in [2.05, 4.69) is 13.2 Å². The van der Waals surface area contributed by atoms with Gasteiger partial charge in [-0.1, -0.05) is 48.6 Å². The van der Waals surface area contributed by atoms with Crippen molar-refractivity contribution in [1.29, 1.82) is 0 Å². The SMILES string of the molecule is C=CCOC(OC(=O)c1ccccc1)(C(=O)O)C(OCC=C)(OC(=O)c1ccccc1)C(=O)OCC. The minimum absolute atomic E-state index is 0.0641. The molecule has 0 spiro atoms. The van der Waals surface area contributed by atoms with Crippen LogP contribution in [0.15, 0.2) is 86.0 Å². The molecule has 2 unspecified atom stereocenters. The van der Waals surface area contributed by atoms with E-state index in [1.54, 1.807) is 12.1 Å². The quantitative estimate of drug-likeness (QED) is 0.179. The number of carboxylic acids is 1. The van der Waals surface area contributed by atoms with Crippen LogP contribution in [-0.4, -0.2) is 60.4 Å². The van der Waals surface area contributed by atoms with Gasteiger partial charge in [0, 0.05) is 0 Å². The van der Waals surface area contributed by atoms with Crippen molar-refractivity contribution in [2.45, 2.75) is 18.5 Å². The molecule has 1 N–H and O–H groups in total. The van der Waals surface area contributed by atoms with E-state index in [9.17, 15) is 24.3 Å². The standard InChI is InChI=1S/C26H26O10/c1-4-17-33-25(23(29)30,35-21(27)19-13-9-7-10-14-19)26(34-18-5-2,24(31)32-6-3)36-22(28)20-15-11-8-12-16-20/h4-5,7-16H,1-2,6,17-18H2,3H3,(H,29,30). The van der Waals surface area contributed by atoms with Gasteiger partial charge in [-0.3, -0.25) is 0 Å². The first kappa shape index (κ1) is 28.0. The number of ether oxygens (including phenoxy) is 5. The molecule has 10 nitrogen and oxygen atoms in total. The molecule has 0 saturated carbocycles. The second-order valence-electron chi connectivity index (χ2n) is 6.97. The van der Waals surface area contributed by atoms with E-state index in [4.69, 9.17) is 23.7 Å². The van der Waals surface area contributed by atoms with Crippen molar-refractivity contribution in [1.82, 2.24) is 0 Å². The molecule has 10 heteroatoms. The topological polar surface area (TPSA) is 135 Å². The molecule has 2 aromatic rings. The fraction of sp³-hybridized carbons (Fsp3) is 0.231. The first-order valence-corrected chi connectivity index (χ1v) is 10.7. The average Bonchev–Trinajstić information content (AvgIpc) is 2.89. The zero-order chi connectivity index (χ0) is 26.6. The molecular formula is C26H26O10. The smallest absolute Gasteiger partial charge is 0.392 e. The van der Waals surface area contributed by atoms with Crippen molar-refractivity contribution >= 4 is 23.9 Å². The molecule has 0 aromatic heterocycles. The molecule has 0 aliphatic heterocycles. The molecule has 0 amide bonds. The Morgan fingerprint density at radius 3 is 1.58 bits per heavy atom. The van der Waals surface area contributed by atoms with Crippen LogP contribution >= 0.6 is 0 Å². The Labute approximate surface area is 207 Å². The van der Waals surface area contributed by atoms with Gasteiger partial charge in [0.1, 0.15) is 0 Å². The van der Waals surface area contributed by atoms with E-state index in [1.165, 1.54) is 55.5 Å². The summed E-state index contributed by atoms with van der Waals surface area (Å²) in [4.78, 5) is 52.3. The lowest BCUT2D eigenvalue weighted by atomic mass is 10.0. The monoisotopic (exact) mass is 498 g/mol. The highest BCUT2D eigenvalue weighted by molar-refractivity contribution is 5.98. The lowest BCUT2D eigenvalue weighted by Crippen LogP contribution is -2.70. The van der Waals surface area contributed by atoms with Crippen molar-refractivity contribution in [2.75, 3.05) is 19.8 Å². The Hall–Kier alpha value is -4.28. The van der Waals surface area contributed by atoms with Gasteiger partial charge >= 0.3 is 35.5 Å². The summed E-state index contributed by atoms with van der Waals surface area (Å²) in [5.74, 6) is -12.5. The number of esters is 3. The first-order chi connectivity index (χ1) is 17.3. The van der Waals surface area contributed by atoms with Gasteiger partial charge in [-0.25, -0.2) is 19.2 Å². The highest BCUT2D eigenvalue weighted by Gasteiger charge is 2.73. The summed E-state index contributed by atoms with van der Waals surface area (Å²) in [6.07, 6.45) is 2.29. The van der Waals surface area contributed by atoms with Gasteiger partial charge in [-0.15, -0.1) is 13.2 Å². The number of rotatable bonds is 14. The van der Waals surface area contributed by atoms with Gasteiger partial charge < -0.3 is 28.8 Å². The zero-order valence-electron chi connectivity index (χ0n) is 19.6. The van der Waals surface area contributed by atoms with E-state index >= 15 is 0 Å². The fourth-order valence-corrected chi connectivity index (χ4v) is 2.97. The Bertz CT molecular complexity index is 1080. The van der Waals surface area contributed by atoms with Crippen LogP contribution in [0.25, 0.3) is 0 Å². The van der Waals surface area contributed by atoms with E-state index in [0.29, 0.717) is 0 Å². The van der Waals surface area contributed by atoms with Crippen LogP contribution in [-0.2, 0) is 33.3 Å². The van der Waals surface area contributed by atoms with Gasteiger partial charge in [-0.05, 0) is 31.2 Å². The summed E-state index contributed by atoms with van der Waals surface area (Å²) in [6, 6.07) is 14.7. The second kappa shape index (κ2) is 13.0. The maximum Gasteiger partial charge on any atom is 0.392 e. The van der Waals surface area contributed by atoms with Crippen LogP contribution < -0.4 is 0 Å². The zero-order valence-corrected chi connectivity index (χ0v) is 19.6. The minimum Gasteiger partial charge on any atom is -0.476 e. The van der Waals surface area contributed by atoms with Gasteiger partial charge in [0.25, 0.3) is 0 Å². The van der Waals surface area contributed by atoms with Crippen LogP contribution in [0.4, 0.5) is 0 Å². The van der Waals surface area contributed by atoms with Crippen molar-refractivity contribution in [3.8, 4) is 0 Å². The third kappa shape index (κ3) is 6.04. The summed E-state index contributed by atoms with van der Waals surface area (Å²) in [5.41, 5.74) is -0.146. The van der Waals surface area contributed by atoms with Crippen molar-refractivity contribution < 1.29 is 48.0 Å². The van der Waals surface area contributed by atoms with Gasteiger partial charge in [0.05, 0.1) is 30.9 Å². The first-order valence-electron chi connectivity index (χ1n) is 10.7. The third-order valence-corrected chi connectivity index (χ3v) is 4.56. The number of carbonyl (C=O) groups excluding carboxylic acids is 3. The average molecular weight is 498 g/mol. The Morgan fingerprint density at radius 2 is 1.19 bits per heavy atom. The lowest BCUT2D eigenvalue weighted by Gasteiger charge is -2.41. The number of benzene rings is 2. The largest absolute Gasteiger partial charge is 0.476 e. The third-order valence-electron chi connectivity index (χ3n) is 4.56. The second-order valence-corrected chi connectivity index (χ2v) is 6.97. The number of carbonyl (C=O) groups is 4. The molecule has 0 aliphatic carbocycles. The Kier molecular flexibility index (Phi) is 10.1. The molecule has 0 heterocycles. The molecule has 2 aromatic carbocycles. The molecule has 2 rings (SSSR count). The maximum absolute atomic E-state index is 13.4. The number of aliphatic carboxylic acids is 1. The Morgan fingerprint density at radius 1 is 0.778 bits per heavy atom. The van der Waals surface area contributed by atoms with E-state index in [0.717, 1.165) is 12.2 Å². The normalized spacial score (nSPS) is 13.8. The molecule has 0 fully saturated rings. The predicted molar refractivity (Wildman–Crippen MR) is 126 cm³/mol. The number of hydrogen-bond acceptors (Lipinski definition) is 9. The minimum atomic E-state index is -3.37. The summed E-state index contributed by atoms with van der Waals surface area (Å²) < 4.78 is 26.6. The maximum atomic E-state index is 13.4. The van der Waals surface area contributed by atoms with Gasteiger partial charge in [0.2, 0.25) is 0 Å². The molecule has 190 valence electrons. The summed E-state index contributed by atoms with van der Waals surface area (Å²) >= 11 is 0. The summed E-state index contributed by atoms with van der Waals surface area (Å²) in [7, 11) is 0. The molecular weight excluding hydrogens is 472 g/mol. The summed E-state index contributed by atoms with van der Waals surface area (Å²) in [5, 5.41) is 10.3. The summed E-state index contributed by atoms with van der Waals surface area (Å²) in [6.45, 7) is 6.99. The van der Waals surface area contributed by atoms with Gasteiger partial charge in [0.15, 0.2) is 0 Å². The Balaban J connectivity index is 2.79. The van der Waals surface area contributed by atoms with E-state index < -0.39 is 48.7 Å². The number of hydrogen-bond donors (Lipinski definition) is 1. The predicted octanol–water partition coefficient (Wildman–Crippen LogP) is 3.15. The van der Waals surface area contributed by atoms with Crippen molar-refractivity contribution in [3.05, 3.63) is 97.1 Å². The van der Waals surface area contributed by atoms with E-state index in [1.807, 2.05) is 0 Å². The van der Waals surface area contributed by atoms with Crippen molar-refractivity contribution in [3.63, 3.8) is 0 Å². The number of carboxylic acid groups (broad SMARTS) is 1. The van der Waals surface area contributed by atoms with Crippen LogP contribution in [0.1, 0.15) is 27.6 Å². The molecule has 2 atom stereocenters. The fourth-order valence-electron chi connectivity index (χ4n) is 2.97. The lowest BCUT2D eigenvalue weighted by molar-refractivity contribution is -0.351. The van der Waals surface area contributed by atoms with Crippen LogP contribution in [0, 0.1) is 0 Å².